The van der Waals surface area contributed by atoms with Gasteiger partial charge in [-0.3, -0.25) is 19.6 Å². The van der Waals surface area contributed by atoms with Gasteiger partial charge in [-0.2, -0.15) is 0 Å². The van der Waals surface area contributed by atoms with Crippen LogP contribution in [0.4, 0.5) is 11.4 Å². The normalized spacial score (nSPS) is 11.7. The van der Waals surface area contributed by atoms with Crippen LogP contribution in [0.25, 0.3) is 5.69 Å². The van der Waals surface area contributed by atoms with E-state index in [-0.39, 0.29) is 10.5 Å². The van der Waals surface area contributed by atoms with Gasteiger partial charge in [0.05, 0.1) is 21.8 Å². The van der Waals surface area contributed by atoms with Crippen LogP contribution >= 0.6 is 11.6 Å². The smallest absolute Gasteiger partial charge is 0.280 e. The molecule has 0 spiro atoms. The van der Waals surface area contributed by atoms with Crippen LogP contribution in [0.3, 0.4) is 0 Å². The first-order valence-electron chi connectivity index (χ1n) is 9.63. The van der Waals surface area contributed by atoms with Crippen LogP contribution in [0, 0.1) is 6.92 Å². The predicted molar refractivity (Wildman–Crippen MR) is 127 cm³/mol. The van der Waals surface area contributed by atoms with Crippen LogP contribution < -0.4 is 10.3 Å². The molecule has 0 saturated heterocycles. The number of rotatable bonds is 6. The molecule has 1 heterocycles. The van der Waals surface area contributed by atoms with Crippen LogP contribution in [-0.2, 0) is 10.0 Å². The number of halogens is 1. The highest BCUT2D eigenvalue weighted by atomic mass is 35.5. The molecule has 0 fully saturated rings. The van der Waals surface area contributed by atoms with Crippen LogP contribution in [0.15, 0.2) is 93.5 Å². The third kappa shape index (κ3) is 4.66. The Balaban J connectivity index is 1.54. The second-order valence-corrected chi connectivity index (χ2v) is 9.11. The minimum absolute atomic E-state index is 0.0932. The Morgan fingerprint density at radius 2 is 1.62 bits per heavy atom. The predicted octanol–water partition coefficient (Wildman–Crippen LogP) is 4.68. The van der Waals surface area contributed by atoms with Gasteiger partial charge in [-0.15, -0.1) is 0 Å². The molecule has 0 aliphatic heterocycles. The molecule has 1 aromatic heterocycles. The summed E-state index contributed by atoms with van der Waals surface area (Å²) < 4.78 is 29.1. The summed E-state index contributed by atoms with van der Waals surface area (Å²) in [6, 6.07) is 21.7. The summed E-state index contributed by atoms with van der Waals surface area (Å²) in [5.74, 6) is 0. The van der Waals surface area contributed by atoms with Gasteiger partial charge in [0.25, 0.3) is 15.6 Å². The Morgan fingerprint density at radius 1 is 0.969 bits per heavy atom. The van der Waals surface area contributed by atoms with E-state index in [9.17, 15) is 13.2 Å². The van der Waals surface area contributed by atoms with Crippen LogP contribution in [0.1, 0.15) is 11.3 Å². The Hall–Kier alpha value is -3.62. The third-order valence-electron chi connectivity index (χ3n) is 4.72. The van der Waals surface area contributed by atoms with Gasteiger partial charge < -0.3 is 0 Å². The van der Waals surface area contributed by atoms with E-state index in [1.165, 1.54) is 23.0 Å². The van der Waals surface area contributed by atoms with Gasteiger partial charge in [0.15, 0.2) is 0 Å². The lowest BCUT2D eigenvalue weighted by atomic mass is 10.2. The number of aryl methyl sites for hydroxylation is 1. The maximum atomic E-state index is 12.7. The molecule has 7 nitrogen and oxygen atoms in total. The number of sulfonamides is 1. The average Bonchev–Trinajstić information content (AvgIpc) is 3.08. The zero-order chi connectivity index (χ0) is 22.7. The molecule has 0 radical (unpaired) electrons. The summed E-state index contributed by atoms with van der Waals surface area (Å²) in [5.41, 5.74) is 2.53. The SMILES string of the molecule is Cc1[nH]n(-c2ccccc2)c(=O)c1C=Nc1ccc(S(=O)(=O)Nc2ccc(Cl)cc2)cc1. The molecule has 3 aromatic carbocycles. The minimum atomic E-state index is -3.75. The van der Waals surface area contributed by atoms with E-state index >= 15 is 0 Å². The molecule has 9 heteroatoms. The maximum Gasteiger partial charge on any atom is 0.280 e. The summed E-state index contributed by atoms with van der Waals surface area (Å²) in [5, 5.41) is 3.56. The van der Waals surface area contributed by atoms with Crippen molar-refractivity contribution in [3.8, 4) is 5.69 Å². The van der Waals surface area contributed by atoms with Crippen molar-refractivity contribution < 1.29 is 8.42 Å². The molecule has 4 rings (SSSR count). The molecule has 0 bridgehead atoms. The Kier molecular flexibility index (Phi) is 5.98. The van der Waals surface area contributed by atoms with Crippen molar-refractivity contribution in [2.45, 2.75) is 11.8 Å². The molecule has 0 saturated carbocycles. The second-order valence-electron chi connectivity index (χ2n) is 6.99. The lowest BCUT2D eigenvalue weighted by Gasteiger charge is -2.08. The number of para-hydroxylation sites is 1. The molecule has 2 N–H and O–H groups in total. The van der Waals surface area contributed by atoms with Crippen molar-refractivity contribution in [3.63, 3.8) is 0 Å². The van der Waals surface area contributed by atoms with Crippen molar-refractivity contribution in [1.29, 1.82) is 0 Å². The first-order valence-corrected chi connectivity index (χ1v) is 11.5. The zero-order valence-corrected chi connectivity index (χ0v) is 18.6. The van der Waals surface area contributed by atoms with Crippen LogP contribution in [-0.4, -0.2) is 24.4 Å². The Labute approximate surface area is 190 Å². The topological polar surface area (TPSA) is 96.3 Å². The lowest BCUT2D eigenvalue weighted by Crippen LogP contribution is -2.17. The highest BCUT2D eigenvalue weighted by Crippen LogP contribution is 2.21. The van der Waals surface area contributed by atoms with Gasteiger partial charge in [-0.25, -0.2) is 13.1 Å². The molecular weight excluding hydrogens is 448 g/mol. The van der Waals surface area contributed by atoms with E-state index in [4.69, 9.17) is 11.6 Å². The van der Waals surface area contributed by atoms with Crippen molar-refractivity contribution in [3.05, 3.63) is 105 Å². The summed E-state index contributed by atoms with van der Waals surface area (Å²) in [7, 11) is -3.75. The van der Waals surface area contributed by atoms with Crippen molar-refractivity contribution in [1.82, 2.24) is 9.78 Å². The fraction of sp³-hybridized carbons (Fsp3) is 0.0435. The number of nitrogens with zero attached hydrogens (tertiary/aromatic N) is 2. The Morgan fingerprint density at radius 3 is 2.28 bits per heavy atom. The highest BCUT2D eigenvalue weighted by Gasteiger charge is 2.14. The summed E-state index contributed by atoms with van der Waals surface area (Å²) >= 11 is 5.83. The number of anilines is 1. The number of aromatic amines is 1. The number of aromatic nitrogens is 2. The number of H-pyrrole nitrogens is 1. The van der Waals surface area contributed by atoms with Crippen LogP contribution in [0.5, 0.6) is 0 Å². The van der Waals surface area contributed by atoms with Crippen LogP contribution in [0.2, 0.25) is 5.02 Å². The molecule has 0 amide bonds. The van der Waals surface area contributed by atoms with E-state index in [1.54, 1.807) is 43.3 Å². The van der Waals surface area contributed by atoms with Crippen molar-refractivity contribution >= 4 is 39.2 Å². The zero-order valence-electron chi connectivity index (χ0n) is 17.0. The van der Waals surface area contributed by atoms with Gasteiger partial charge >= 0.3 is 0 Å². The largest absolute Gasteiger partial charge is 0.295 e. The number of hydrogen-bond acceptors (Lipinski definition) is 4. The first-order chi connectivity index (χ1) is 15.3. The number of nitrogens with one attached hydrogen (secondary N) is 2. The summed E-state index contributed by atoms with van der Waals surface area (Å²) in [6.07, 6.45) is 1.48. The van der Waals surface area contributed by atoms with E-state index < -0.39 is 10.0 Å². The fourth-order valence-electron chi connectivity index (χ4n) is 3.05. The summed E-state index contributed by atoms with van der Waals surface area (Å²) in [4.78, 5) is 17.2. The highest BCUT2D eigenvalue weighted by molar-refractivity contribution is 7.92. The van der Waals surface area contributed by atoms with E-state index in [0.29, 0.717) is 27.7 Å². The van der Waals surface area contributed by atoms with E-state index in [2.05, 4.69) is 14.8 Å². The second kappa shape index (κ2) is 8.86. The molecule has 0 aliphatic rings. The quantitative estimate of drug-likeness (QED) is 0.404. The summed E-state index contributed by atoms with van der Waals surface area (Å²) in [6.45, 7) is 1.79. The van der Waals surface area contributed by atoms with E-state index in [1.807, 2.05) is 30.3 Å². The fourth-order valence-corrected chi connectivity index (χ4v) is 4.24. The average molecular weight is 467 g/mol. The minimum Gasteiger partial charge on any atom is -0.295 e. The molecule has 0 aliphatic carbocycles. The molecule has 32 heavy (non-hydrogen) atoms. The molecular formula is C23H19ClN4O3S. The molecule has 162 valence electrons. The maximum absolute atomic E-state index is 12.7. The van der Waals surface area contributed by atoms with Gasteiger partial charge in [-0.1, -0.05) is 29.8 Å². The standard InChI is InChI=1S/C23H19ClN4O3S/c1-16-22(23(29)28(26-16)20-5-3-2-4-6-20)15-25-18-11-13-21(14-12-18)32(30,31)27-19-9-7-17(24)8-10-19/h2-15,26-27H,1H3. The number of aliphatic imine (C=N–C) groups is 1. The van der Waals surface area contributed by atoms with Crippen molar-refractivity contribution in [2.75, 3.05) is 4.72 Å². The van der Waals surface area contributed by atoms with Crippen molar-refractivity contribution in [2.24, 2.45) is 4.99 Å². The monoisotopic (exact) mass is 466 g/mol. The molecule has 0 unspecified atom stereocenters. The van der Waals surface area contributed by atoms with Gasteiger partial charge in [0.2, 0.25) is 0 Å². The first kappa shape index (κ1) is 21.6. The van der Waals surface area contributed by atoms with Gasteiger partial charge in [-0.05, 0) is 67.6 Å². The van der Waals surface area contributed by atoms with E-state index in [0.717, 1.165) is 5.69 Å². The lowest BCUT2D eigenvalue weighted by molar-refractivity contribution is 0.601. The molecule has 4 aromatic rings. The number of hydrogen-bond donors (Lipinski definition) is 2. The van der Waals surface area contributed by atoms with Gasteiger partial charge in [0, 0.05) is 22.6 Å². The molecule has 0 atom stereocenters. The van der Waals surface area contributed by atoms with Gasteiger partial charge in [0.1, 0.15) is 0 Å². The third-order valence-corrected chi connectivity index (χ3v) is 6.37. The number of benzene rings is 3. The Bertz CT molecular complexity index is 1420.